The first-order chi connectivity index (χ1) is 16.3. The summed E-state index contributed by atoms with van der Waals surface area (Å²) in [5.74, 6) is 0.982. The normalized spacial score (nSPS) is 12.2. The number of aliphatic hydroxyl groups excluding tert-OH is 1. The molecule has 178 valence electrons. The third-order valence-corrected chi connectivity index (χ3v) is 5.64. The molecule has 1 atom stereocenters. The first kappa shape index (κ1) is 24.0. The fourth-order valence-corrected chi connectivity index (χ4v) is 3.80. The molecule has 0 aliphatic rings. The van der Waals surface area contributed by atoms with Gasteiger partial charge in [-0.15, -0.1) is 0 Å². The van der Waals surface area contributed by atoms with Gasteiger partial charge in [-0.3, -0.25) is 14.3 Å². The monoisotopic (exact) mass is 504 g/mol. The Morgan fingerprint density at radius 3 is 2.59 bits per heavy atom. The van der Waals surface area contributed by atoms with Crippen molar-refractivity contribution in [2.45, 2.75) is 19.3 Å². The van der Waals surface area contributed by atoms with Gasteiger partial charge < -0.3 is 19.1 Å². The average Bonchev–Trinajstić information content (AvgIpc) is 3.15. The van der Waals surface area contributed by atoms with E-state index in [0.717, 1.165) is 5.56 Å². The van der Waals surface area contributed by atoms with E-state index in [0.29, 0.717) is 21.6 Å². The molecule has 0 saturated heterocycles. The van der Waals surface area contributed by atoms with E-state index in [1.165, 1.54) is 11.6 Å². The van der Waals surface area contributed by atoms with Gasteiger partial charge in [0, 0.05) is 23.6 Å². The Kier molecular flexibility index (Phi) is 7.38. The summed E-state index contributed by atoms with van der Waals surface area (Å²) >= 11 is 11.9. The minimum atomic E-state index is -1.21. The Morgan fingerprint density at radius 1 is 1.09 bits per heavy atom. The zero-order valence-electron chi connectivity index (χ0n) is 18.2. The van der Waals surface area contributed by atoms with Crippen molar-refractivity contribution in [2.75, 3.05) is 13.2 Å². The highest BCUT2D eigenvalue weighted by atomic mass is 35.5. The number of halogens is 2. The molecule has 0 amide bonds. The maximum Gasteiger partial charge on any atom is 0.329 e. The molecule has 4 aromatic rings. The molecule has 2 aromatic heterocycles. The van der Waals surface area contributed by atoms with E-state index in [9.17, 15) is 14.7 Å². The largest absolute Gasteiger partial charge is 0.491 e. The number of ether oxygens (including phenoxy) is 2. The fraction of sp³-hybridized carbons (Fsp3) is 0.261. The van der Waals surface area contributed by atoms with Crippen molar-refractivity contribution in [2.24, 2.45) is 7.05 Å². The summed E-state index contributed by atoms with van der Waals surface area (Å²) in [5.41, 5.74) is 0.174. The molecule has 2 N–H and O–H groups in total. The van der Waals surface area contributed by atoms with Crippen LogP contribution in [0.25, 0.3) is 11.2 Å². The lowest BCUT2D eigenvalue weighted by Gasteiger charge is -2.14. The Balaban J connectivity index is 1.52. The van der Waals surface area contributed by atoms with Crippen molar-refractivity contribution in [1.29, 1.82) is 0 Å². The number of aryl methyl sites for hydroxylation is 1. The number of hydrogen-bond donors (Lipinski definition) is 2. The van der Waals surface area contributed by atoms with Gasteiger partial charge in [-0.2, -0.15) is 0 Å². The smallest absolute Gasteiger partial charge is 0.329 e. The van der Waals surface area contributed by atoms with Crippen LogP contribution in [0.1, 0.15) is 11.4 Å². The van der Waals surface area contributed by atoms with Gasteiger partial charge in [-0.05, 0) is 35.9 Å². The predicted molar refractivity (Wildman–Crippen MR) is 129 cm³/mol. The van der Waals surface area contributed by atoms with E-state index in [4.69, 9.17) is 32.7 Å². The molecule has 0 radical (unpaired) electrons. The topological polar surface area (TPSA) is 111 Å². The van der Waals surface area contributed by atoms with Gasteiger partial charge in [0.15, 0.2) is 17.5 Å². The number of hydrogen-bond acceptors (Lipinski definition) is 6. The van der Waals surface area contributed by atoms with Crippen molar-refractivity contribution < 1.29 is 14.6 Å². The van der Waals surface area contributed by atoms with Crippen LogP contribution in [0.3, 0.4) is 0 Å². The lowest BCUT2D eigenvalue weighted by Crippen LogP contribution is -2.29. The number of aromatic amines is 1. The SMILES string of the molecule is Cn1c(=O)[nH]c(=O)c2c1nc(CC(O)OCCOc1cccc(Cl)c1)n2Cc1ccc(Cl)cc1. The van der Waals surface area contributed by atoms with E-state index < -0.39 is 17.5 Å². The first-order valence-electron chi connectivity index (χ1n) is 10.4. The summed E-state index contributed by atoms with van der Waals surface area (Å²) in [5, 5.41) is 11.6. The number of aliphatic hydroxyl groups is 1. The van der Waals surface area contributed by atoms with Crippen LogP contribution in [0.2, 0.25) is 10.0 Å². The summed E-state index contributed by atoms with van der Waals surface area (Å²) in [6.45, 7) is 0.603. The van der Waals surface area contributed by atoms with Crippen LogP contribution in [-0.2, 0) is 24.8 Å². The van der Waals surface area contributed by atoms with Crippen LogP contribution in [0, 0.1) is 0 Å². The summed E-state index contributed by atoms with van der Waals surface area (Å²) in [6.07, 6.45) is -1.22. The molecule has 34 heavy (non-hydrogen) atoms. The van der Waals surface area contributed by atoms with Gasteiger partial charge in [-0.1, -0.05) is 41.4 Å². The molecule has 1 unspecified atom stereocenters. The first-order valence-corrected chi connectivity index (χ1v) is 11.2. The molecule has 9 nitrogen and oxygen atoms in total. The zero-order valence-corrected chi connectivity index (χ0v) is 19.7. The number of benzene rings is 2. The summed E-state index contributed by atoms with van der Waals surface area (Å²) in [6, 6.07) is 14.1. The molecular formula is C23H22Cl2N4O5. The third kappa shape index (κ3) is 5.51. The van der Waals surface area contributed by atoms with Crippen LogP contribution < -0.4 is 16.0 Å². The van der Waals surface area contributed by atoms with Crippen molar-refractivity contribution >= 4 is 34.4 Å². The second-order valence-corrected chi connectivity index (χ2v) is 8.44. The van der Waals surface area contributed by atoms with Crippen molar-refractivity contribution in [1.82, 2.24) is 19.1 Å². The summed E-state index contributed by atoms with van der Waals surface area (Å²) < 4.78 is 13.9. The van der Waals surface area contributed by atoms with Gasteiger partial charge in [-0.25, -0.2) is 9.78 Å². The molecule has 0 bridgehead atoms. The van der Waals surface area contributed by atoms with Crippen LogP contribution >= 0.6 is 23.2 Å². The predicted octanol–water partition coefficient (Wildman–Crippen LogP) is 2.73. The molecule has 0 spiro atoms. The maximum atomic E-state index is 12.6. The number of aromatic nitrogens is 4. The second-order valence-electron chi connectivity index (χ2n) is 7.57. The van der Waals surface area contributed by atoms with Crippen molar-refractivity contribution in [3.63, 3.8) is 0 Å². The van der Waals surface area contributed by atoms with E-state index in [1.807, 2.05) is 12.1 Å². The minimum absolute atomic E-state index is 0.00688. The molecule has 0 aliphatic carbocycles. The van der Waals surface area contributed by atoms with E-state index >= 15 is 0 Å². The van der Waals surface area contributed by atoms with E-state index in [-0.39, 0.29) is 37.3 Å². The molecule has 2 heterocycles. The lowest BCUT2D eigenvalue weighted by molar-refractivity contribution is -0.104. The Labute approximate surface area is 204 Å². The minimum Gasteiger partial charge on any atom is -0.491 e. The molecule has 0 fully saturated rings. The highest BCUT2D eigenvalue weighted by Crippen LogP contribution is 2.18. The molecule has 4 rings (SSSR count). The summed E-state index contributed by atoms with van der Waals surface area (Å²) in [4.78, 5) is 31.4. The van der Waals surface area contributed by atoms with Gasteiger partial charge in [0.1, 0.15) is 18.2 Å². The van der Waals surface area contributed by atoms with Crippen LogP contribution in [0.4, 0.5) is 0 Å². The van der Waals surface area contributed by atoms with Gasteiger partial charge in [0.25, 0.3) is 5.56 Å². The standard InChI is InChI=1S/C23H22Cl2N4O5/c1-28-21-20(22(31)27-23(28)32)29(13-14-5-7-15(24)8-6-14)18(26-21)12-19(30)34-10-9-33-17-4-2-3-16(25)11-17/h2-8,11,19,30H,9-10,12-13H2,1H3,(H,27,31,32). The zero-order chi connectivity index (χ0) is 24.2. The number of fused-ring (bicyclic) bond motifs is 1. The lowest BCUT2D eigenvalue weighted by atomic mass is 10.2. The van der Waals surface area contributed by atoms with Gasteiger partial charge >= 0.3 is 5.69 Å². The number of nitrogens with one attached hydrogen (secondary N) is 1. The van der Waals surface area contributed by atoms with Crippen molar-refractivity contribution in [3.05, 3.63) is 90.8 Å². The maximum absolute atomic E-state index is 12.6. The Hall–Kier alpha value is -3.11. The quantitative estimate of drug-likeness (QED) is 0.267. The Morgan fingerprint density at radius 2 is 1.85 bits per heavy atom. The average molecular weight is 505 g/mol. The van der Waals surface area contributed by atoms with Crippen LogP contribution in [0.5, 0.6) is 5.75 Å². The van der Waals surface area contributed by atoms with E-state index in [1.54, 1.807) is 41.0 Å². The molecule has 2 aromatic carbocycles. The number of H-pyrrole nitrogens is 1. The molecule has 0 saturated carbocycles. The molecular weight excluding hydrogens is 483 g/mol. The van der Waals surface area contributed by atoms with E-state index in [2.05, 4.69) is 9.97 Å². The Bertz CT molecular complexity index is 1410. The third-order valence-electron chi connectivity index (χ3n) is 5.16. The van der Waals surface area contributed by atoms with Crippen molar-refractivity contribution in [3.8, 4) is 5.75 Å². The van der Waals surface area contributed by atoms with Gasteiger partial charge in [0.05, 0.1) is 13.0 Å². The highest BCUT2D eigenvalue weighted by molar-refractivity contribution is 6.30. The number of nitrogens with zero attached hydrogens (tertiary/aromatic N) is 3. The second kappa shape index (κ2) is 10.4. The van der Waals surface area contributed by atoms with Crippen LogP contribution in [0.15, 0.2) is 58.1 Å². The molecule has 0 aliphatic heterocycles. The number of imidazole rings is 1. The molecule has 11 heteroatoms. The highest BCUT2D eigenvalue weighted by Gasteiger charge is 2.20. The number of rotatable bonds is 9. The van der Waals surface area contributed by atoms with Gasteiger partial charge in [0.2, 0.25) is 0 Å². The fourth-order valence-electron chi connectivity index (χ4n) is 3.49. The summed E-state index contributed by atoms with van der Waals surface area (Å²) in [7, 11) is 1.52. The van der Waals surface area contributed by atoms with Crippen LogP contribution in [-0.4, -0.2) is 43.7 Å².